The molecule has 3 heteroatoms. The van der Waals surface area contributed by atoms with E-state index in [1.807, 2.05) is 7.11 Å². The minimum Gasteiger partial charge on any atom is -0.381 e. The van der Waals surface area contributed by atoms with Gasteiger partial charge in [0.2, 0.25) is 0 Å². The average Bonchev–Trinajstić information content (AvgIpc) is 2.62. The Morgan fingerprint density at radius 1 is 1.09 bits per heavy atom. The van der Waals surface area contributed by atoms with Crippen LogP contribution in [0.3, 0.4) is 0 Å². The lowest BCUT2D eigenvalue weighted by Gasteiger charge is -2.38. The van der Waals surface area contributed by atoms with Crippen molar-refractivity contribution in [3.8, 4) is 0 Å². The summed E-state index contributed by atoms with van der Waals surface area (Å²) in [7, 11) is 1.85. The van der Waals surface area contributed by atoms with Crippen molar-refractivity contribution in [3.63, 3.8) is 0 Å². The molecule has 0 spiro atoms. The van der Waals surface area contributed by atoms with Crippen molar-refractivity contribution >= 4 is 0 Å². The maximum Gasteiger partial charge on any atom is 0.0846 e. The van der Waals surface area contributed by atoms with E-state index in [1.54, 1.807) is 0 Å². The summed E-state index contributed by atoms with van der Waals surface area (Å²) in [5.74, 6) is 0.749. The second kappa shape index (κ2) is 7.58. The molecule has 3 nitrogen and oxygen atoms in total. The monoisotopic (exact) mass is 303 g/mol. The number of hydrogen-bond acceptors (Lipinski definition) is 3. The third-order valence-electron chi connectivity index (χ3n) is 5.55. The first kappa shape index (κ1) is 16.0. The Morgan fingerprint density at radius 2 is 1.77 bits per heavy atom. The zero-order valence-electron chi connectivity index (χ0n) is 13.7. The second-order valence-electron chi connectivity index (χ2n) is 6.84. The Kier molecular flexibility index (Phi) is 5.51. The van der Waals surface area contributed by atoms with Crippen LogP contribution in [0.1, 0.15) is 50.0 Å². The SMILES string of the molecule is COC1(CNC2CCC(c3ccccc3)CC2)CCOCC1. The molecule has 0 amide bonds. The molecule has 1 heterocycles. The van der Waals surface area contributed by atoms with Crippen molar-refractivity contribution in [1.29, 1.82) is 0 Å². The van der Waals surface area contributed by atoms with Crippen molar-refractivity contribution in [2.24, 2.45) is 0 Å². The minimum absolute atomic E-state index is 0.00543. The average molecular weight is 303 g/mol. The molecule has 0 unspecified atom stereocenters. The zero-order chi connectivity index (χ0) is 15.3. The van der Waals surface area contributed by atoms with E-state index in [-0.39, 0.29) is 5.60 Å². The highest BCUT2D eigenvalue weighted by Gasteiger charge is 2.33. The highest BCUT2D eigenvalue weighted by Crippen LogP contribution is 2.33. The standard InChI is InChI=1S/C19H29NO2/c1-21-19(11-13-22-14-12-19)15-20-18-9-7-17(8-10-18)16-5-3-2-4-6-16/h2-6,17-18,20H,7-15H2,1H3. The van der Waals surface area contributed by atoms with E-state index in [0.717, 1.165) is 38.5 Å². The van der Waals surface area contributed by atoms with Crippen LogP contribution in [0.15, 0.2) is 30.3 Å². The van der Waals surface area contributed by atoms with Crippen LogP contribution in [0.5, 0.6) is 0 Å². The van der Waals surface area contributed by atoms with E-state index < -0.39 is 0 Å². The Hall–Kier alpha value is -0.900. The molecule has 1 saturated carbocycles. The lowest BCUT2D eigenvalue weighted by Crippen LogP contribution is -2.49. The van der Waals surface area contributed by atoms with E-state index in [1.165, 1.54) is 31.2 Å². The summed E-state index contributed by atoms with van der Waals surface area (Å²) in [5, 5.41) is 3.77. The fourth-order valence-corrected chi connectivity index (χ4v) is 3.88. The molecular weight excluding hydrogens is 274 g/mol. The molecule has 0 atom stereocenters. The van der Waals surface area contributed by atoms with Crippen molar-refractivity contribution in [3.05, 3.63) is 35.9 Å². The molecular formula is C19H29NO2. The maximum atomic E-state index is 5.82. The first-order chi connectivity index (χ1) is 10.8. The number of benzene rings is 1. The number of methoxy groups -OCH3 is 1. The molecule has 3 rings (SSSR count). The number of rotatable bonds is 5. The second-order valence-corrected chi connectivity index (χ2v) is 6.84. The number of hydrogen-bond donors (Lipinski definition) is 1. The van der Waals surface area contributed by atoms with Crippen molar-refractivity contribution < 1.29 is 9.47 Å². The first-order valence-electron chi connectivity index (χ1n) is 8.72. The summed E-state index contributed by atoms with van der Waals surface area (Å²) < 4.78 is 11.3. The van der Waals surface area contributed by atoms with Gasteiger partial charge in [-0.05, 0) is 37.2 Å². The summed E-state index contributed by atoms with van der Waals surface area (Å²) >= 11 is 0. The Bertz CT molecular complexity index is 434. The largest absolute Gasteiger partial charge is 0.381 e. The van der Waals surface area contributed by atoms with E-state index in [0.29, 0.717) is 6.04 Å². The molecule has 0 bridgehead atoms. The third-order valence-corrected chi connectivity index (χ3v) is 5.55. The number of ether oxygens (including phenoxy) is 2. The van der Waals surface area contributed by atoms with E-state index in [9.17, 15) is 0 Å². The molecule has 122 valence electrons. The molecule has 2 aliphatic rings. The third kappa shape index (κ3) is 3.89. The smallest absolute Gasteiger partial charge is 0.0846 e. The Labute approximate surface area is 134 Å². The van der Waals surface area contributed by atoms with Crippen molar-refractivity contribution in [2.45, 2.75) is 56.1 Å². The molecule has 0 radical (unpaired) electrons. The first-order valence-corrected chi connectivity index (χ1v) is 8.72. The van der Waals surface area contributed by atoms with Gasteiger partial charge in [-0.15, -0.1) is 0 Å². The molecule has 2 fully saturated rings. The maximum absolute atomic E-state index is 5.82. The van der Waals surface area contributed by atoms with Crippen LogP contribution < -0.4 is 5.32 Å². The van der Waals surface area contributed by atoms with Crippen molar-refractivity contribution in [2.75, 3.05) is 26.9 Å². The fourth-order valence-electron chi connectivity index (χ4n) is 3.88. The van der Waals surface area contributed by atoms with Gasteiger partial charge < -0.3 is 14.8 Å². The van der Waals surface area contributed by atoms with Crippen LogP contribution in [0.4, 0.5) is 0 Å². The van der Waals surface area contributed by atoms with Gasteiger partial charge in [0.1, 0.15) is 0 Å². The van der Waals surface area contributed by atoms with Crippen LogP contribution in [0.2, 0.25) is 0 Å². The molecule has 1 saturated heterocycles. The van der Waals surface area contributed by atoms with Crippen LogP contribution in [-0.2, 0) is 9.47 Å². The van der Waals surface area contributed by atoms with E-state index in [2.05, 4.69) is 35.6 Å². The molecule has 1 aromatic carbocycles. The fraction of sp³-hybridized carbons (Fsp3) is 0.684. The predicted octanol–water partition coefficient (Wildman–Crippen LogP) is 3.50. The van der Waals surface area contributed by atoms with Gasteiger partial charge in [-0.2, -0.15) is 0 Å². The summed E-state index contributed by atoms with van der Waals surface area (Å²) in [6, 6.07) is 11.6. The summed E-state index contributed by atoms with van der Waals surface area (Å²) in [6.07, 6.45) is 7.16. The highest BCUT2D eigenvalue weighted by atomic mass is 16.5. The summed E-state index contributed by atoms with van der Waals surface area (Å²) in [5.41, 5.74) is 1.51. The van der Waals surface area contributed by atoms with Gasteiger partial charge in [-0.3, -0.25) is 0 Å². The van der Waals surface area contributed by atoms with Gasteiger partial charge in [-0.25, -0.2) is 0 Å². The van der Waals surface area contributed by atoms with Crippen molar-refractivity contribution in [1.82, 2.24) is 5.32 Å². The van der Waals surface area contributed by atoms with Gasteiger partial charge >= 0.3 is 0 Å². The van der Waals surface area contributed by atoms with E-state index in [4.69, 9.17) is 9.47 Å². The van der Waals surface area contributed by atoms with Gasteiger partial charge in [0.15, 0.2) is 0 Å². The molecule has 1 aromatic rings. The van der Waals surface area contributed by atoms with Gasteiger partial charge in [-0.1, -0.05) is 30.3 Å². The zero-order valence-corrected chi connectivity index (χ0v) is 13.7. The van der Waals surface area contributed by atoms with Crippen LogP contribution in [0, 0.1) is 0 Å². The normalized spacial score (nSPS) is 28.4. The summed E-state index contributed by atoms with van der Waals surface area (Å²) in [4.78, 5) is 0. The van der Waals surface area contributed by atoms with Gasteiger partial charge in [0.25, 0.3) is 0 Å². The Balaban J connectivity index is 1.46. The summed E-state index contributed by atoms with van der Waals surface area (Å²) in [6.45, 7) is 2.63. The predicted molar refractivity (Wildman–Crippen MR) is 89.2 cm³/mol. The molecule has 1 aliphatic heterocycles. The van der Waals surface area contributed by atoms with Gasteiger partial charge in [0, 0.05) is 45.8 Å². The topological polar surface area (TPSA) is 30.5 Å². The lowest BCUT2D eigenvalue weighted by molar-refractivity contribution is -0.0890. The van der Waals surface area contributed by atoms with Crippen LogP contribution >= 0.6 is 0 Å². The lowest BCUT2D eigenvalue weighted by atomic mass is 9.81. The number of nitrogens with one attached hydrogen (secondary N) is 1. The molecule has 22 heavy (non-hydrogen) atoms. The van der Waals surface area contributed by atoms with Crippen LogP contribution in [0.25, 0.3) is 0 Å². The van der Waals surface area contributed by atoms with Crippen LogP contribution in [-0.4, -0.2) is 38.5 Å². The van der Waals surface area contributed by atoms with E-state index >= 15 is 0 Å². The van der Waals surface area contributed by atoms with Gasteiger partial charge in [0.05, 0.1) is 5.60 Å². The molecule has 0 aromatic heterocycles. The molecule has 1 N–H and O–H groups in total. The quantitative estimate of drug-likeness (QED) is 0.903. The molecule has 1 aliphatic carbocycles. The minimum atomic E-state index is -0.00543. The Morgan fingerprint density at radius 3 is 2.41 bits per heavy atom. The highest BCUT2D eigenvalue weighted by molar-refractivity contribution is 5.20.